The Bertz CT molecular complexity index is 417. The molecule has 1 aromatic heterocycles. The number of hydrogen-bond donors (Lipinski definition) is 2. The molecule has 0 aliphatic heterocycles. The molecule has 0 bridgehead atoms. The van der Waals surface area contributed by atoms with Crippen LogP contribution in [0.1, 0.15) is 30.1 Å². The summed E-state index contributed by atoms with van der Waals surface area (Å²) in [5.74, 6) is -0.876. The van der Waals surface area contributed by atoms with E-state index in [1.807, 2.05) is 6.92 Å². The van der Waals surface area contributed by atoms with Gasteiger partial charge in [0.05, 0.1) is 11.7 Å². The Morgan fingerprint density at radius 3 is 2.72 bits per heavy atom. The van der Waals surface area contributed by atoms with E-state index >= 15 is 0 Å². The third kappa shape index (κ3) is 4.50. The highest BCUT2D eigenvalue weighted by molar-refractivity contribution is 5.91. The Balaban J connectivity index is 2.47. The van der Waals surface area contributed by atoms with E-state index in [9.17, 15) is 9.59 Å². The molecule has 0 saturated carbocycles. The van der Waals surface area contributed by atoms with Gasteiger partial charge in [-0.1, -0.05) is 0 Å². The van der Waals surface area contributed by atoms with Gasteiger partial charge in [0.25, 0.3) is 0 Å². The lowest BCUT2D eigenvalue weighted by Crippen LogP contribution is -2.16. The second-order valence-corrected chi connectivity index (χ2v) is 3.87. The molecule has 0 aliphatic rings. The van der Waals surface area contributed by atoms with Gasteiger partial charge in [-0.3, -0.25) is 4.79 Å². The fraction of sp³-hybridized carbons (Fsp3) is 0.417. The molecule has 18 heavy (non-hydrogen) atoms. The first-order valence-corrected chi connectivity index (χ1v) is 5.55. The Labute approximate surface area is 105 Å². The summed E-state index contributed by atoms with van der Waals surface area (Å²) in [5.41, 5.74) is 0.0843. The number of carboxylic acids is 1. The van der Waals surface area contributed by atoms with Gasteiger partial charge in [-0.15, -0.1) is 0 Å². The number of hydrogen-bond acceptors (Lipinski definition) is 4. The van der Waals surface area contributed by atoms with E-state index in [1.165, 1.54) is 18.3 Å². The monoisotopic (exact) mass is 252 g/mol. The second-order valence-electron chi connectivity index (χ2n) is 3.87. The molecule has 0 spiro atoms. The van der Waals surface area contributed by atoms with Crippen LogP contribution < -0.4 is 5.32 Å². The third-order valence-electron chi connectivity index (χ3n) is 2.46. The van der Waals surface area contributed by atoms with Crippen LogP contribution >= 0.6 is 0 Å². The van der Waals surface area contributed by atoms with Crippen molar-refractivity contribution < 1.29 is 19.4 Å². The lowest BCUT2D eigenvalue weighted by Gasteiger charge is -2.09. The van der Waals surface area contributed by atoms with E-state index in [1.54, 1.807) is 7.11 Å². The minimum absolute atomic E-state index is 0.0260. The van der Waals surface area contributed by atoms with E-state index in [-0.39, 0.29) is 17.6 Å². The third-order valence-corrected chi connectivity index (χ3v) is 2.46. The number of carbonyl (C=O) groups is 2. The van der Waals surface area contributed by atoms with E-state index in [0.29, 0.717) is 18.7 Å². The zero-order valence-electron chi connectivity index (χ0n) is 10.3. The number of anilines is 1. The van der Waals surface area contributed by atoms with Gasteiger partial charge < -0.3 is 15.2 Å². The van der Waals surface area contributed by atoms with Crippen molar-refractivity contribution in [1.82, 2.24) is 4.98 Å². The van der Waals surface area contributed by atoms with E-state index in [4.69, 9.17) is 9.84 Å². The maximum absolute atomic E-state index is 11.5. The zero-order chi connectivity index (χ0) is 13.5. The second kappa shape index (κ2) is 6.70. The van der Waals surface area contributed by atoms with Crippen molar-refractivity contribution in [3.05, 3.63) is 23.9 Å². The highest BCUT2D eigenvalue weighted by atomic mass is 16.5. The van der Waals surface area contributed by atoms with Crippen molar-refractivity contribution in [2.24, 2.45) is 0 Å². The maximum atomic E-state index is 11.5. The predicted octanol–water partition coefficient (Wildman–Crippen LogP) is 1.53. The number of methoxy groups -OCH3 is 1. The smallest absolute Gasteiger partial charge is 0.337 e. The number of rotatable bonds is 6. The number of nitrogens with zero attached hydrogens (tertiary/aromatic N) is 1. The van der Waals surface area contributed by atoms with Gasteiger partial charge in [-0.25, -0.2) is 9.78 Å². The molecule has 1 amide bonds. The van der Waals surface area contributed by atoms with Gasteiger partial charge in [-0.05, 0) is 25.5 Å². The van der Waals surface area contributed by atoms with Crippen LogP contribution in [0.2, 0.25) is 0 Å². The van der Waals surface area contributed by atoms with Crippen LogP contribution in [-0.2, 0) is 9.53 Å². The number of pyridine rings is 1. The summed E-state index contributed by atoms with van der Waals surface area (Å²) in [6.07, 6.45) is 2.18. The molecule has 0 saturated heterocycles. The topological polar surface area (TPSA) is 88.5 Å². The van der Waals surface area contributed by atoms with Crippen molar-refractivity contribution >= 4 is 17.7 Å². The molecule has 2 N–H and O–H groups in total. The maximum Gasteiger partial charge on any atom is 0.337 e. The minimum atomic E-state index is -1.05. The van der Waals surface area contributed by atoms with Gasteiger partial charge in [-0.2, -0.15) is 0 Å². The molecule has 1 atom stereocenters. The molecule has 6 heteroatoms. The lowest BCUT2D eigenvalue weighted by molar-refractivity contribution is -0.116. The fourth-order valence-electron chi connectivity index (χ4n) is 1.25. The average molecular weight is 252 g/mol. The normalized spacial score (nSPS) is 11.9. The van der Waals surface area contributed by atoms with Crippen LogP contribution in [0.5, 0.6) is 0 Å². The average Bonchev–Trinajstić information content (AvgIpc) is 2.36. The summed E-state index contributed by atoms with van der Waals surface area (Å²) in [6, 6.07) is 2.85. The van der Waals surface area contributed by atoms with Crippen molar-refractivity contribution in [2.75, 3.05) is 12.4 Å². The van der Waals surface area contributed by atoms with Crippen molar-refractivity contribution in [3.8, 4) is 0 Å². The van der Waals surface area contributed by atoms with E-state index in [2.05, 4.69) is 10.3 Å². The lowest BCUT2D eigenvalue weighted by atomic mass is 10.2. The van der Waals surface area contributed by atoms with Crippen LogP contribution in [0.3, 0.4) is 0 Å². The van der Waals surface area contributed by atoms with Gasteiger partial charge in [0.15, 0.2) is 0 Å². The Kier molecular flexibility index (Phi) is 5.26. The molecule has 6 nitrogen and oxygen atoms in total. The van der Waals surface area contributed by atoms with Crippen molar-refractivity contribution in [2.45, 2.75) is 25.9 Å². The molecule has 0 aliphatic carbocycles. The summed E-state index contributed by atoms with van der Waals surface area (Å²) in [7, 11) is 1.59. The fourth-order valence-corrected chi connectivity index (χ4v) is 1.25. The number of carbonyl (C=O) groups excluding carboxylic acids is 1. The summed E-state index contributed by atoms with van der Waals surface area (Å²) >= 11 is 0. The quantitative estimate of drug-likeness (QED) is 0.801. The van der Waals surface area contributed by atoms with Crippen LogP contribution in [0, 0.1) is 0 Å². The number of ether oxygens (including phenoxy) is 1. The Morgan fingerprint density at radius 1 is 1.50 bits per heavy atom. The van der Waals surface area contributed by atoms with Crippen molar-refractivity contribution in [3.63, 3.8) is 0 Å². The molecule has 1 aromatic rings. The number of nitrogens with one attached hydrogen (secondary N) is 1. The molecule has 0 radical (unpaired) electrons. The zero-order valence-corrected chi connectivity index (χ0v) is 10.3. The van der Waals surface area contributed by atoms with Gasteiger partial charge in [0.2, 0.25) is 5.91 Å². The van der Waals surface area contributed by atoms with Gasteiger partial charge in [0, 0.05) is 19.7 Å². The molecule has 98 valence electrons. The molecular weight excluding hydrogens is 236 g/mol. The highest BCUT2D eigenvalue weighted by Gasteiger charge is 2.08. The Morgan fingerprint density at radius 2 is 2.22 bits per heavy atom. The minimum Gasteiger partial charge on any atom is -0.478 e. The molecular formula is C12H16N2O4. The summed E-state index contributed by atoms with van der Waals surface area (Å²) in [6.45, 7) is 1.88. The standard InChI is InChI=1S/C12H16N2O4/c1-8(18-2)3-6-11(15)14-10-5-4-9(7-13-10)12(16)17/h4-5,7-8H,3,6H2,1-2H3,(H,16,17)(H,13,14,15). The van der Waals surface area contributed by atoms with E-state index < -0.39 is 5.97 Å². The molecule has 0 aromatic carbocycles. The summed E-state index contributed by atoms with van der Waals surface area (Å²) < 4.78 is 5.03. The van der Waals surface area contributed by atoms with Crippen LogP contribution in [0.4, 0.5) is 5.82 Å². The molecule has 1 heterocycles. The molecule has 1 unspecified atom stereocenters. The number of amides is 1. The molecule has 0 fully saturated rings. The van der Waals surface area contributed by atoms with Gasteiger partial charge in [0.1, 0.15) is 5.82 Å². The van der Waals surface area contributed by atoms with Gasteiger partial charge >= 0.3 is 5.97 Å². The number of carboxylic acid groups (broad SMARTS) is 1. The predicted molar refractivity (Wildman–Crippen MR) is 65.5 cm³/mol. The first-order valence-electron chi connectivity index (χ1n) is 5.55. The number of aromatic nitrogens is 1. The van der Waals surface area contributed by atoms with Crippen LogP contribution in [0.25, 0.3) is 0 Å². The Hall–Kier alpha value is -1.95. The van der Waals surface area contributed by atoms with E-state index in [0.717, 1.165) is 0 Å². The summed E-state index contributed by atoms with van der Waals surface area (Å²) in [4.78, 5) is 26.0. The first kappa shape index (κ1) is 14.1. The first-order chi connectivity index (χ1) is 8.52. The number of aromatic carboxylic acids is 1. The van der Waals surface area contributed by atoms with Crippen molar-refractivity contribution in [1.29, 1.82) is 0 Å². The molecule has 1 rings (SSSR count). The highest BCUT2D eigenvalue weighted by Crippen LogP contribution is 2.07. The van der Waals surface area contributed by atoms with Crippen LogP contribution in [0.15, 0.2) is 18.3 Å². The summed E-state index contributed by atoms with van der Waals surface area (Å²) in [5, 5.41) is 11.3. The largest absolute Gasteiger partial charge is 0.478 e. The van der Waals surface area contributed by atoms with Crippen LogP contribution in [-0.4, -0.2) is 35.2 Å². The SMILES string of the molecule is COC(C)CCC(=O)Nc1ccc(C(=O)O)cn1.